The number of benzene rings is 2. The Morgan fingerprint density at radius 1 is 1.17 bits per heavy atom. The van der Waals surface area contributed by atoms with Gasteiger partial charge in [-0.05, 0) is 49.6 Å². The minimum atomic E-state index is -3.77. The summed E-state index contributed by atoms with van der Waals surface area (Å²) in [5.74, 6) is 0.551. The van der Waals surface area contributed by atoms with Gasteiger partial charge in [-0.1, -0.05) is 18.2 Å². The van der Waals surface area contributed by atoms with Crippen LogP contribution in [0.2, 0.25) is 0 Å². The smallest absolute Gasteiger partial charge is 0.246 e. The van der Waals surface area contributed by atoms with Crippen LogP contribution in [0, 0.1) is 12.8 Å². The normalized spacial score (nSPS) is 19.7. The van der Waals surface area contributed by atoms with E-state index in [0.29, 0.717) is 44.0 Å². The molecule has 8 heteroatoms. The Hall–Kier alpha value is -2.58. The van der Waals surface area contributed by atoms with Gasteiger partial charge in [-0.3, -0.25) is 4.79 Å². The number of fused-ring (bicyclic) bond motifs is 1. The van der Waals surface area contributed by atoms with Crippen molar-refractivity contribution in [1.29, 1.82) is 0 Å². The molecule has 160 valence electrons. The number of piperidine rings is 1. The summed E-state index contributed by atoms with van der Waals surface area (Å²) in [5, 5.41) is 0. The third-order valence-electron chi connectivity index (χ3n) is 5.66. The lowest BCUT2D eigenvalue weighted by Gasteiger charge is -2.36. The average Bonchev–Trinajstić information content (AvgIpc) is 2.78. The number of amides is 1. The Balaban J connectivity index is 1.58. The predicted octanol–water partition coefficient (Wildman–Crippen LogP) is 2.83. The molecular weight excluding hydrogens is 404 g/mol. The molecule has 2 aliphatic rings. The molecule has 0 aliphatic carbocycles. The standard InChI is InChI=1S/C22H26N2O5S/c1-16-9-10-20(28-2)21(14-16)30(26,27)23-11-5-6-17(15-23)22(25)24-12-13-29-19-8-4-3-7-18(19)24/h3-4,7-10,14,17H,5-6,11-13,15H2,1-2H3. The van der Waals surface area contributed by atoms with Crippen LogP contribution in [-0.2, 0) is 14.8 Å². The van der Waals surface area contributed by atoms with Gasteiger partial charge in [0.25, 0.3) is 0 Å². The Bertz CT molecular complexity index is 1050. The molecule has 2 aliphatic heterocycles. The maximum atomic E-state index is 13.4. The average molecular weight is 431 g/mol. The number of sulfonamides is 1. The molecule has 30 heavy (non-hydrogen) atoms. The second-order valence-corrected chi connectivity index (χ2v) is 9.57. The van der Waals surface area contributed by atoms with E-state index in [-0.39, 0.29) is 17.3 Å². The zero-order chi connectivity index (χ0) is 21.3. The van der Waals surface area contributed by atoms with Crippen LogP contribution in [0.25, 0.3) is 0 Å². The Morgan fingerprint density at radius 3 is 2.77 bits per heavy atom. The Morgan fingerprint density at radius 2 is 1.97 bits per heavy atom. The fraction of sp³-hybridized carbons (Fsp3) is 0.409. The van der Waals surface area contributed by atoms with Gasteiger partial charge < -0.3 is 14.4 Å². The van der Waals surface area contributed by atoms with Crippen LogP contribution in [-0.4, -0.2) is 52.0 Å². The van der Waals surface area contributed by atoms with E-state index in [4.69, 9.17) is 9.47 Å². The molecule has 7 nitrogen and oxygen atoms in total. The number of carbonyl (C=O) groups excluding carboxylic acids is 1. The Labute approximate surface area is 177 Å². The van der Waals surface area contributed by atoms with Gasteiger partial charge in [0.2, 0.25) is 15.9 Å². The molecule has 1 fully saturated rings. The van der Waals surface area contributed by atoms with Gasteiger partial charge in [0.15, 0.2) is 0 Å². The Kier molecular flexibility index (Phi) is 5.71. The SMILES string of the molecule is COc1ccc(C)cc1S(=O)(=O)N1CCCC(C(=O)N2CCOc3ccccc32)C1. The highest BCUT2D eigenvalue weighted by Crippen LogP contribution is 2.35. The van der Waals surface area contributed by atoms with E-state index in [0.717, 1.165) is 11.3 Å². The minimum Gasteiger partial charge on any atom is -0.495 e. The highest BCUT2D eigenvalue weighted by molar-refractivity contribution is 7.89. The molecule has 1 atom stereocenters. The van der Waals surface area contributed by atoms with Gasteiger partial charge in [0.1, 0.15) is 23.0 Å². The second-order valence-electron chi connectivity index (χ2n) is 7.66. The molecule has 0 bridgehead atoms. The van der Waals surface area contributed by atoms with Crippen molar-refractivity contribution < 1.29 is 22.7 Å². The van der Waals surface area contributed by atoms with E-state index < -0.39 is 15.9 Å². The van der Waals surface area contributed by atoms with Gasteiger partial charge in [0.05, 0.1) is 25.3 Å². The van der Waals surface area contributed by atoms with E-state index in [2.05, 4.69) is 0 Å². The molecule has 0 N–H and O–H groups in total. The molecule has 2 aromatic carbocycles. The molecule has 0 radical (unpaired) electrons. The molecule has 0 aromatic heterocycles. The minimum absolute atomic E-state index is 0.0538. The lowest BCUT2D eigenvalue weighted by atomic mass is 9.97. The maximum absolute atomic E-state index is 13.4. The number of ether oxygens (including phenoxy) is 2. The molecule has 4 rings (SSSR count). The molecule has 2 aromatic rings. The highest BCUT2D eigenvalue weighted by Gasteiger charge is 2.37. The fourth-order valence-electron chi connectivity index (χ4n) is 4.11. The van der Waals surface area contributed by atoms with Crippen molar-refractivity contribution in [2.45, 2.75) is 24.7 Å². The first-order chi connectivity index (χ1) is 14.4. The van der Waals surface area contributed by atoms with Crippen molar-refractivity contribution in [3.63, 3.8) is 0 Å². The number of methoxy groups -OCH3 is 1. The van der Waals surface area contributed by atoms with Crippen LogP contribution < -0.4 is 14.4 Å². The third-order valence-corrected chi connectivity index (χ3v) is 7.55. The summed E-state index contributed by atoms with van der Waals surface area (Å²) in [5.41, 5.74) is 1.58. The summed E-state index contributed by atoms with van der Waals surface area (Å²) in [6.45, 7) is 3.29. The summed E-state index contributed by atoms with van der Waals surface area (Å²) >= 11 is 0. The van der Waals surface area contributed by atoms with Crippen LogP contribution in [0.4, 0.5) is 5.69 Å². The van der Waals surface area contributed by atoms with Gasteiger partial charge in [0, 0.05) is 13.1 Å². The van der Waals surface area contributed by atoms with E-state index in [1.807, 2.05) is 37.3 Å². The van der Waals surface area contributed by atoms with Crippen LogP contribution >= 0.6 is 0 Å². The number of carbonyl (C=O) groups is 1. The van der Waals surface area contributed by atoms with E-state index in [1.165, 1.54) is 11.4 Å². The van der Waals surface area contributed by atoms with Crippen LogP contribution in [0.1, 0.15) is 18.4 Å². The predicted molar refractivity (Wildman–Crippen MR) is 114 cm³/mol. The van der Waals surface area contributed by atoms with Crippen molar-refractivity contribution in [3.05, 3.63) is 48.0 Å². The van der Waals surface area contributed by atoms with E-state index in [9.17, 15) is 13.2 Å². The number of anilines is 1. The number of hydrogen-bond donors (Lipinski definition) is 0. The van der Waals surface area contributed by atoms with Gasteiger partial charge >= 0.3 is 0 Å². The van der Waals surface area contributed by atoms with Gasteiger partial charge in [-0.25, -0.2) is 8.42 Å². The van der Waals surface area contributed by atoms with Crippen molar-refractivity contribution in [1.82, 2.24) is 4.31 Å². The number of hydrogen-bond acceptors (Lipinski definition) is 5. The fourth-order valence-corrected chi connectivity index (χ4v) is 5.87. The van der Waals surface area contributed by atoms with Crippen molar-refractivity contribution in [3.8, 4) is 11.5 Å². The lowest BCUT2D eigenvalue weighted by Crippen LogP contribution is -2.48. The highest BCUT2D eigenvalue weighted by atomic mass is 32.2. The number of nitrogens with zero attached hydrogens (tertiary/aromatic N) is 2. The molecule has 0 saturated carbocycles. The molecule has 1 amide bonds. The molecule has 2 heterocycles. The zero-order valence-electron chi connectivity index (χ0n) is 17.2. The summed E-state index contributed by atoms with van der Waals surface area (Å²) in [6.07, 6.45) is 1.30. The second kappa shape index (κ2) is 8.28. The molecular formula is C22H26N2O5S. The first kappa shape index (κ1) is 20.7. The van der Waals surface area contributed by atoms with E-state index >= 15 is 0 Å². The first-order valence-electron chi connectivity index (χ1n) is 10.1. The zero-order valence-corrected chi connectivity index (χ0v) is 18.0. The first-order valence-corrected chi connectivity index (χ1v) is 11.5. The van der Waals surface area contributed by atoms with Crippen LogP contribution in [0.3, 0.4) is 0 Å². The van der Waals surface area contributed by atoms with Crippen molar-refractivity contribution >= 4 is 21.6 Å². The number of aryl methyl sites for hydroxylation is 1. The molecule has 1 unspecified atom stereocenters. The van der Waals surface area contributed by atoms with Crippen LogP contribution in [0.5, 0.6) is 11.5 Å². The molecule has 1 saturated heterocycles. The maximum Gasteiger partial charge on any atom is 0.246 e. The van der Waals surface area contributed by atoms with Crippen molar-refractivity contribution in [2.24, 2.45) is 5.92 Å². The number of para-hydroxylation sites is 2. The summed E-state index contributed by atoms with van der Waals surface area (Å²) in [4.78, 5) is 15.2. The summed E-state index contributed by atoms with van der Waals surface area (Å²) in [6, 6.07) is 12.6. The monoisotopic (exact) mass is 430 g/mol. The van der Waals surface area contributed by atoms with Crippen LogP contribution in [0.15, 0.2) is 47.4 Å². The molecule has 0 spiro atoms. The number of rotatable bonds is 4. The largest absolute Gasteiger partial charge is 0.495 e. The van der Waals surface area contributed by atoms with Gasteiger partial charge in [-0.15, -0.1) is 0 Å². The quantitative estimate of drug-likeness (QED) is 0.746. The van der Waals surface area contributed by atoms with Gasteiger partial charge in [-0.2, -0.15) is 4.31 Å². The summed E-state index contributed by atoms with van der Waals surface area (Å²) in [7, 11) is -2.31. The topological polar surface area (TPSA) is 76.2 Å². The third kappa shape index (κ3) is 3.77. The lowest BCUT2D eigenvalue weighted by molar-refractivity contribution is -0.123. The van der Waals surface area contributed by atoms with E-state index in [1.54, 1.807) is 17.0 Å². The van der Waals surface area contributed by atoms with Crippen molar-refractivity contribution in [2.75, 3.05) is 38.3 Å². The summed E-state index contributed by atoms with van der Waals surface area (Å²) < 4.78 is 39.1.